The summed E-state index contributed by atoms with van der Waals surface area (Å²) in [7, 11) is -2.38. The normalized spacial score (nSPS) is 12.9. The number of hydrogen-bond donors (Lipinski definition) is 0. The standard InChI is InChI=1S/C51H37N5Si/c1-57(2)48-31-35(36-29-44(42-21-11-13-27-52-42)54-45(30-36)43-22-12-14-28-53-43)24-25-46(48)56-47-26-23-34-15-9-10-20-40(34)50(47)41-32-39(33-49(57)51(41)56)55(37-16-5-3-6-17-37)38-18-7-4-8-19-38/h3-33H,1-2H3. The third kappa shape index (κ3) is 5.33. The summed E-state index contributed by atoms with van der Waals surface area (Å²) in [4.78, 5) is 16.9. The molecule has 0 amide bonds. The Balaban J connectivity index is 1.19. The van der Waals surface area contributed by atoms with Gasteiger partial charge in [-0.15, -0.1) is 0 Å². The van der Waals surface area contributed by atoms with Crippen molar-refractivity contribution in [2.75, 3.05) is 4.90 Å². The Bertz CT molecular complexity index is 3050. The third-order valence-corrected chi connectivity index (χ3v) is 15.1. The molecule has 0 fully saturated rings. The van der Waals surface area contributed by atoms with Crippen LogP contribution < -0.4 is 15.3 Å². The minimum Gasteiger partial charge on any atom is -0.310 e. The average Bonchev–Trinajstić information content (AvgIpc) is 3.61. The Morgan fingerprint density at radius 3 is 1.75 bits per heavy atom. The molecule has 1 aliphatic heterocycles. The van der Waals surface area contributed by atoms with Gasteiger partial charge in [0.2, 0.25) is 0 Å². The Hall–Kier alpha value is -7.15. The van der Waals surface area contributed by atoms with Crippen molar-refractivity contribution in [2.45, 2.75) is 13.1 Å². The van der Waals surface area contributed by atoms with Gasteiger partial charge in [0.25, 0.3) is 0 Å². The highest BCUT2D eigenvalue weighted by molar-refractivity contribution is 7.03. The molecule has 0 aliphatic carbocycles. The topological polar surface area (TPSA) is 46.8 Å². The van der Waals surface area contributed by atoms with Crippen LogP contribution in [0.2, 0.25) is 13.1 Å². The number of hydrogen-bond acceptors (Lipinski definition) is 4. The molecule has 0 bridgehead atoms. The van der Waals surface area contributed by atoms with Crippen molar-refractivity contribution in [1.82, 2.24) is 19.5 Å². The molecular formula is C51H37N5Si. The SMILES string of the molecule is C[Si]1(C)c2cc(-c3cc(-c4ccccn4)nc(-c4ccccn4)c3)ccc2-n2c3ccc4ccccc4c3c3cc(N(c4ccccc4)c4ccccc4)cc1c32. The molecule has 0 radical (unpaired) electrons. The molecule has 5 heterocycles. The lowest BCUT2D eigenvalue weighted by atomic mass is 10.0. The molecule has 0 spiro atoms. The largest absolute Gasteiger partial charge is 0.310 e. The van der Waals surface area contributed by atoms with E-state index >= 15 is 0 Å². The predicted octanol–water partition coefficient (Wildman–Crippen LogP) is 11.7. The van der Waals surface area contributed by atoms with Crippen LogP contribution in [0.4, 0.5) is 17.1 Å². The Labute approximate surface area is 332 Å². The minimum absolute atomic E-state index is 0.824. The van der Waals surface area contributed by atoms with Crippen molar-refractivity contribution >= 4 is 68.1 Å². The van der Waals surface area contributed by atoms with Crippen molar-refractivity contribution in [2.24, 2.45) is 0 Å². The zero-order valence-electron chi connectivity index (χ0n) is 31.6. The van der Waals surface area contributed by atoms with E-state index < -0.39 is 8.07 Å². The fraction of sp³-hybridized carbons (Fsp3) is 0.0392. The number of nitrogens with zero attached hydrogens (tertiary/aromatic N) is 5. The van der Waals surface area contributed by atoms with Gasteiger partial charge in [0, 0.05) is 45.9 Å². The Morgan fingerprint density at radius 2 is 1.11 bits per heavy atom. The van der Waals surface area contributed by atoms with E-state index in [1.807, 2.05) is 48.8 Å². The molecule has 0 atom stereocenters. The fourth-order valence-corrected chi connectivity index (χ4v) is 11.9. The molecule has 0 saturated heterocycles. The van der Waals surface area contributed by atoms with Gasteiger partial charge in [-0.1, -0.05) is 104 Å². The maximum Gasteiger partial charge on any atom is 0.117 e. The second-order valence-corrected chi connectivity index (χ2v) is 19.7. The number of rotatable bonds is 6. The summed E-state index contributed by atoms with van der Waals surface area (Å²) in [5.41, 5.74) is 12.8. The molecule has 10 aromatic rings. The summed E-state index contributed by atoms with van der Waals surface area (Å²) in [6, 6.07) is 63.3. The van der Waals surface area contributed by atoms with E-state index in [0.717, 1.165) is 51.0 Å². The quantitative estimate of drug-likeness (QED) is 0.159. The maximum absolute atomic E-state index is 5.07. The third-order valence-electron chi connectivity index (χ3n) is 11.6. The molecule has 4 aromatic heterocycles. The highest BCUT2D eigenvalue weighted by Crippen LogP contribution is 2.43. The van der Waals surface area contributed by atoms with Gasteiger partial charge in [-0.25, -0.2) is 4.98 Å². The highest BCUT2D eigenvalue weighted by Gasteiger charge is 2.38. The summed E-state index contributed by atoms with van der Waals surface area (Å²) in [6.07, 6.45) is 3.65. The molecule has 5 nitrogen and oxygen atoms in total. The second-order valence-electron chi connectivity index (χ2n) is 15.3. The van der Waals surface area contributed by atoms with Gasteiger partial charge < -0.3 is 9.47 Å². The first-order chi connectivity index (χ1) is 28.0. The molecule has 0 saturated carbocycles. The zero-order chi connectivity index (χ0) is 38.1. The van der Waals surface area contributed by atoms with E-state index in [4.69, 9.17) is 4.98 Å². The molecule has 6 heteroatoms. The summed E-state index contributed by atoms with van der Waals surface area (Å²) in [6.45, 7) is 5.04. The van der Waals surface area contributed by atoms with Crippen molar-refractivity contribution in [3.8, 4) is 39.6 Å². The van der Waals surface area contributed by atoms with Crippen LogP contribution in [0.3, 0.4) is 0 Å². The van der Waals surface area contributed by atoms with Crippen LogP contribution in [0.5, 0.6) is 0 Å². The van der Waals surface area contributed by atoms with Crippen molar-refractivity contribution in [3.63, 3.8) is 0 Å². The highest BCUT2D eigenvalue weighted by atomic mass is 28.3. The van der Waals surface area contributed by atoms with Crippen LogP contribution in [0, 0.1) is 0 Å². The second kappa shape index (κ2) is 13.0. The first kappa shape index (κ1) is 33.2. The summed E-state index contributed by atoms with van der Waals surface area (Å²) >= 11 is 0. The molecular weight excluding hydrogens is 711 g/mol. The van der Waals surface area contributed by atoms with E-state index in [0.29, 0.717) is 0 Å². The first-order valence-electron chi connectivity index (χ1n) is 19.4. The zero-order valence-corrected chi connectivity index (χ0v) is 32.6. The molecule has 6 aromatic carbocycles. The molecule has 0 unspecified atom stereocenters. The minimum atomic E-state index is -2.38. The predicted molar refractivity (Wildman–Crippen MR) is 239 cm³/mol. The molecule has 0 N–H and O–H groups in total. The maximum atomic E-state index is 5.07. The molecule has 1 aliphatic rings. The Morgan fingerprint density at radius 1 is 0.474 bits per heavy atom. The van der Waals surface area contributed by atoms with Gasteiger partial charge >= 0.3 is 0 Å². The summed E-state index contributed by atoms with van der Waals surface area (Å²) in [5, 5.41) is 7.93. The van der Waals surface area contributed by atoms with Crippen LogP contribution >= 0.6 is 0 Å². The average molecular weight is 748 g/mol. The van der Waals surface area contributed by atoms with Crippen LogP contribution in [0.25, 0.3) is 72.2 Å². The molecule has 57 heavy (non-hydrogen) atoms. The van der Waals surface area contributed by atoms with Crippen molar-refractivity contribution < 1.29 is 0 Å². The van der Waals surface area contributed by atoms with E-state index in [1.54, 1.807) is 0 Å². The van der Waals surface area contributed by atoms with E-state index in [1.165, 1.54) is 48.6 Å². The number of fused-ring (bicyclic) bond motifs is 7. The van der Waals surface area contributed by atoms with Gasteiger partial charge in [-0.2, -0.15) is 0 Å². The number of anilines is 3. The number of benzene rings is 6. The van der Waals surface area contributed by atoms with Crippen LogP contribution in [-0.2, 0) is 0 Å². The summed E-state index contributed by atoms with van der Waals surface area (Å²) in [5.74, 6) is 0. The smallest absolute Gasteiger partial charge is 0.117 e. The first-order valence-corrected chi connectivity index (χ1v) is 22.4. The number of aromatic nitrogens is 4. The van der Waals surface area contributed by atoms with Crippen molar-refractivity contribution in [3.05, 3.63) is 188 Å². The van der Waals surface area contributed by atoms with Gasteiger partial charge in [0.1, 0.15) is 8.07 Å². The fourth-order valence-electron chi connectivity index (χ4n) is 8.90. The van der Waals surface area contributed by atoms with E-state index in [9.17, 15) is 0 Å². The molecule has 270 valence electrons. The Kier molecular flexibility index (Phi) is 7.56. The van der Waals surface area contributed by atoms with Crippen LogP contribution in [0.1, 0.15) is 0 Å². The number of para-hydroxylation sites is 2. The van der Waals surface area contributed by atoms with Crippen LogP contribution in [-0.4, -0.2) is 27.6 Å². The van der Waals surface area contributed by atoms with Crippen LogP contribution in [0.15, 0.2) is 188 Å². The van der Waals surface area contributed by atoms with Crippen molar-refractivity contribution in [1.29, 1.82) is 0 Å². The van der Waals surface area contributed by atoms with Gasteiger partial charge in [0.15, 0.2) is 0 Å². The van der Waals surface area contributed by atoms with E-state index in [2.05, 4.69) is 172 Å². The number of pyridine rings is 3. The summed E-state index contributed by atoms with van der Waals surface area (Å²) < 4.78 is 2.55. The van der Waals surface area contributed by atoms with E-state index in [-0.39, 0.29) is 0 Å². The molecule has 11 rings (SSSR count). The lowest BCUT2D eigenvalue weighted by Crippen LogP contribution is -2.57. The van der Waals surface area contributed by atoms with Gasteiger partial charge in [0.05, 0.1) is 33.8 Å². The monoisotopic (exact) mass is 747 g/mol. The van der Waals surface area contributed by atoms with Gasteiger partial charge in [-0.05, 0) is 117 Å². The lowest BCUT2D eigenvalue weighted by Gasteiger charge is -2.35. The van der Waals surface area contributed by atoms with Gasteiger partial charge in [-0.3, -0.25) is 9.97 Å². The lowest BCUT2D eigenvalue weighted by molar-refractivity contribution is 1.18.